The number of phenols is 1. The standard InChI is InChI=1S/C23H17BrN4O5S/c1-28-22(31)19(34-23(28)32)9-15-8-18(17(29)10-16(15)24)33-12-13-2-3-20(26-11-13)27-21(30)14-4-6-25-7-5-14/h2-11,29H,12H2,1H3,(H,26,27,30)/b19-9-. The number of hydrogen-bond acceptors (Lipinski definition) is 8. The molecule has 2 N–H and O–H groups in total. The molecule has 0 bridgehead atoms. The van der Waals surface area contributed by atoms with Crippen LogP contribution in [0.2, 0.25) is 0 Å². The Morgan fingerprint density at radius 3 is 2.65 bits per heavy atom. The second-order valence-electron chi connectivity index (χ2n) is 7.11. The van der Waals surface area contributed by atoms with E-state index in [1.807, 2.05) is 0 Å². The molecular formula is C23H17BrN4O5S. The fraction of sp³-hybridized carbons (Fsp3) is 0.0870. The van der Waals surface area contributed by atoms with Crippen LogP contribution >= 0.6 is 27.7 Å². The number of aromatic hydroxyl groups is 1. The minimum Gasteiger partial charge on any atom is -0.504 e. The number of anilines is 1. The molecule has 1 aliphatic heterocycles. The van der Waals surface area contributed by atoms with E-state index in [-0.39, 0.29) is 40.1 Å². The molecule has 3 aromatic rings. The molecule has 2 aromatic heterocycles. The second kappa shape index (κ2) is 10.1. The monoisotopic (exact) mass is 540 g/mol. The summed E-state index contributed by atoms with van der Waals surface area (Å²) in [4.78, 5) is 45.5. The van der Waals surface area contributed by atoms with Crippen LogP contribution in [0.4, 0.5) is 10.6 Å². The van der Waals surface area contributed by atoms with Crippen molar-refractivity contribution in [3.05, 3.63) is 81.1 Å². The summed E-state index contributed by atoms with van der Waals surface area (Å²) in [5.74, 6) is -0.210. The van der Waals surface area contributed by atoms with Gasteiger partial charge < -0.3 is 15.2 Å². The maximum atomic E-state index is 12.2. The van der Waals surface area contributed by atoms with Crippen LogP contribution < -0.4 is 10.1 Å². The summed E-state index contributed by atoms with van der Waals surface area (Å²) in [6.45, 7) is 0.103. The van der Waals surface area contributed by atoms with E-state index in [4.69, 9.17) is 4.74 Å². The molecule has 4 rings (SSSR count). The molecule has 0 radical (unpaired) electrons. The molecule has 0 unspecified atom stereocenters. The first-order valence-corrected chi connectivity index (χ1v) is 11.5. The maximum Gasteiger partial charge on any atom is 0.293 e. The third-order valence-corrected chi connectivity index (χ3v) is 6.40. The van der Waals surface area contributed by atoms with Crippen LogP contribution in [-0.2, 0) is 11.4 Å². The van der Waals surface area contributed by atoms with Crippen molar-refractivity contribution in [3.63, 3.8) is 0 Å². The summed E-state index contributed by atoms with van der Waals surface area (Å²) in [7, 11) is 1.42. The Morgan fingerprint density at radius 2 is 2.00 bits per heavy atom. The van der Waals surface area contributed by atoms with Crippen LogP contribution in [-0.4, -0.2) is 44.1 Å². The Balaban J connectivity index is 1.43. The quantitative estimate of drug-likeness (QED) is 0.440. The lowest BCUT2D eigenvalue weighted by Gasteiger charge is -2.11. The highest BCUT2D eigenvalue weighted by molar-refractivity contribution is 9.10. The predicted octanol–water partition coefficient (Wildman–Crippen LogP) is 4.44. The van der Waals surface area contributed by atoms with Gasteiger partial charge in [0, 0.05) is 41.2 Å². The molecule has 172 valence electrons. The molecule has 1 saturated heterocycles. The molecule has 0 saturated carbocycles. The van der Waals surface area contributed by atoms with Crippen LogP contribution in [0.1, 0.15) is 21.5 Å². The Bertz CT molecular complexity index is 1300. The van der Waals surface area contributed by atoms with Gasteiger partial charge in [-0.05, 0) is 53.7 Å². The van der Waals surface area contributed by atoms with E-state index in [2.05, 4.69) is 31.2 Å². The van der Waals surface area contributed by atoms with Crippen molar-refractivity contribution in [2.24, 2.45) is 0 Å². The first-order chi connectivity index (χ1) is 16.3. The number of nitrogens with one attached hydrogen (secondary N) is 1. The van der Waals surface area contributed by atoms with Crippen LogP contribution in [0.15, 0.2) is 64.4 Å². The van der Waals surface area contributed by atoms with E-state index in [9.17, 15) is 19.5 Å². The van der Waals surface area contributed by atoms with Crippen LogP contribution in [0.5, 0.6) is 11.5 Å². The average Bonchev–Trinajstić information content (AvgIpc) is 3.08. The molecule has 34 heavy (non-hydrogen) atoms. The number of carbonyl (C=O) groups is 3. The summed E-state index contributed by atoms with van der Waals surface area (Å²) in [6, 6.07) is 9.61. The zero-order valence-corrected chi connectivity index (χ0v) is 20.1. The summed E-state index contributed by atoms with van der Waals surface area (Å²) in [5, 5.41) is 12.6. The number of carbonyl (C=O) groups excluding carboxylic acids is 3. The van der Waals surface area contributed by atoms with Gasteiger partial charge in [-0.2, -0.15) is 0 Å². The largest absolute Gasteiger partial charge is 0.504 e. The number of likely N-dealkylation sites (N-methyl/N-ethyl adjacent to an activating group) is 1. The first-order valence-electron chi connectivity index (χ1n) is 9.85. The summed E-state index contributed by atoms with van der Waals surface area (Å²) < 4.78 is 6.28. The number of aromatic nitrogens is 2. The number of rotatable bonds is 6. The number of amides is 3. The predicted molar refractivity (Wildman–Crippen MR) is 130 cm³/mol. The lowest BCUT2D eigenvalue weighted by Crippen LogP contribution is -2.22. The molecule has 9 nitrogen and oxygen atoms in total. The smallest absolute Gasteiger partial charge is 0.293 e. The highest BCUT2D eigenvalue weighted by Gasteiger charge is 2.32. The van der Waals surface area contributed by atoms with Gasteiger partial charge in [-0.3, -0.25) is 24.3 Å². The van der Waals surface area contributed by atoms with Crippen molar-refractivity contribution < 1.29 is 24.2 Å². The Morgan fingerprint density at radius 1 is 1.24 bits per heavy atom. The number of halogens is 1. The van der Waals surface area contributed by atoms with E-state index >= 15 is 0 Å². The number of hydrogen-bond donors (Lipinski definition) is 2. The van der Waals surface area contributed by atoms with Crippen molar-refractivity contribution in [1.29, 1.82) is 0 Å². The number of benzene rings is 1. The van der Waals surface area contributed by atoms with E-state index in [1.54, 1.807) is 42.6 Å². The topological polar surface area (TPSA) is 122 Å². The number of ether oxygens (including phenoxy) is 1. The van der Waals surface area contributed by atoms with Gasteiger partial charge in [0.1, 0.15) is 12.4 Å². The first kappa shape index (κ1) is 23.5. The maximum absolute atomic E-state index is 12.2. The fourth-order valence-corrected chi connectivity index (χ4v) is 4.17. The van der Waals surface area contributed by atoms with Crippen molar-refractivity contribution in [2.75, 3.05) is 12.4 Å². The number of thioether (sulfide) groups is 1. The van der Waals surface area contributed by atoms with Crippen molar-refractivity contribution in [1.82, 2.24) is 14.9 Å². The van der Waals surface area contributed by atoms with Crippen LogP contribution in [0, 0.1) is 0 Å². The normalized spacial score (nSPS) is 14.5. The Kier molecular flexibility index (Phi) is 6.94. The highest BCUT2D eigenvalue weighted by Crippen LogP contribution is 2.37. The molecule has 0 spiro atoms. The van der Waals surface area contributed by atoms with E-state index in [0.717, 1.165) is 16.7 Å². The van der Waals surface area contributed by atoms with Gasteiger partial charge in [0.2, 0.25) is 0 Å². The van der Waals surface area contributed by atoms with Gasteiger partial charge in [-0.1, -0.05) is 22.0 Å². The van der Waals surface area contributed by atoms with Gasteiger partial charge in [0.05, 0.1) is 4.91 Å². The third-order valence-electron chi connectivity index (χ3n) is 4.75. The van der Waals surface area contributed by atoms with Crippen molar-refractivity contribution in [3.8, 4) is 11.5 Å². The number of pyridine rings is 2. The molecule has 1 fully saturated rings. The van der Waals surface area contributed by atoms with Gasteiger partial charge in [-0.25, -0.2) is 4.98 Å². The zero-order valence-electron chi connectivity index (χ0n) is 17.7. The van der Waals surface area contributed by atoms with E-state index < -0.39 is 0 Å². The lowest BCUT2D eigenvalue weighted by molar-refractivity contribution is -0.121. The summed E-state index contributed by atoms with van der Waals surface area (Å²) in [6.07, 6.45) is 6.18. The second-order valence-corrected chi connectivity index (χ2v) is 8.96. The third kappa shape index (κ3) is 5.26. The molecule has 0 atom stereocenters. The molecule has 3 heterocycles. The summed E-state index contributed by atoms with van der Waals surface area (Å²) >= 11 is 4.19. The number of nitrogens with zero attached hydrogens (tertiary/aromatic N) is 3. The Hall–Kier alpha value is -3.70. The molecule has 11 heteroatoms. The molecule has 1 aliphatic rings. The van der Waals surface area contributed by atoms with Crippen molar-refractivity contribution >= 4 is 56.6 Å². The number of phenolic OH excluding ortho intramolecular Hbond substituents is 1. The molecule has 1 aromatic carbocycles. The van der Waals surface area contributed by atoms with Gasteiger partial charge >= 0.3 is 0 Å². The molecule has 3 amide bonds. The van der Waals surface area contributed by atoms with Crippen LogP contribution in [0.25, 0.3) is 6.08 Å². The fourth-order valence-electron chi connectivity index (χ4n) is 2.91. The van der Waals surface area contributed by atoms with Crippen molar-refractivity contribution in [2.45, 2.75) is 6.61 Å². The zero-order chi connectivity index (χ0) is 24.2. The van der Waals surface area contributed by atoms with E-state index in [1.165, 1.54) is 25.5 Å². The van der Waals surface area contributed by atoms with Crippen LogP contribution in [0.3, 0.4) is 0 Å². The molecular weight excluding hydrogens is 524 g/mol. The minimum atomic E-state index is -0.389. The molecule has 0 aliphatic carbocycles. The lowest BCUT2D eigenvalue weighted by atomic mass is 10.2. The average molecular weight is 541 g/mol. The summed E-state index contributed by atoms with van der Waals surface area (Å²) in [5.41, 5.74) is 1.74. The minimum absolute atomic E-state index is 0.0955. The van der Waals surface area contributed by atoms with Gasteiger partial charge in [0.25, 0.3) is 17.1 Å². The Labute approximate surface area is 207 Å². The SMILES string of the molecule is CN1C(=O)S/C(=C\c2cc(OCc3ccc(NC(=O)c4ccncc4)nc3)c(O)cc2Br)C1=O. The number of imide groups is 1. The van der Waals surface area contributed by atoms with Gasteiger partial charge in [0.15, 0.2) is 11.5 Å². The van der Waals surface area contributed by atoms with E-state index in [0.29, 0.717) is 27.0 Å². The highest BCUT2D eigenvalue weighted by atomic mass is 79.9. The van der Waals surface area contributed by atoms with Gasteiger partial charge in [-0.15, -0.1) is 0 Å².